The monoisotopic (exact) mass is 372 g/mol. The molecule has 1 amide bonds. The lowest BCUT2D eigenvalue weighted by molar-refractivity contribution is -0.143. The lowest BCUT2D eigenvalue weighted by atomic mass is 9.82. The molecule has 142 valence electrons. The fraction of sp³-hybridized carbons (Fsp3) is 0.350. The van der Waals surface area contributed by atoms with Gasteiger partial charge < -0.3 is 15.2 Å². The van der Waals surface area contributed by atoms with Crippen molar-refractivity contribution in [3.63, 3.8) is 0 Å². The first kappa shape index (κ1) is 18.8. The molecule has 0 aliphatic heterocycles. The average Bonchev–Trinajstić information content (AvgIpc) is 2.68. The number of rotatable bonds is 6. The molecule has 0 unspecified atom stereocenters. The summed E-state index contributed by atoms with van der Waals surface area (Å²) in [5, 5.41) is 11.9. The summed E-state index contributed by atoms with van der Waals surface area (Å²) in [4.78, 5) is 27.6. The highest BCUT2D eigenvalue weighted by atomic mass is 19.1. The van der Waals surface area contributed by atoms with Gasteiger partial charge in [0, 0.05) is 12.7 Å². The van der Waals surface area contributed by atoms with E-state index in [0.717, 1.165) is 12.8 Å². The summed E-state index contributed by atoms with van der Waals surface area (Å²) in [6.45, 7) is 0.482. The SMILES string of the molecule is O=C(NCC1CCC(C(=O)O)CC1)c1cccnc1Oc1ccc(F)cc1. The molecular formula is C20H21FN2O4. The number of halogens is 1. The first-order valence-corrected chi connectivity index (χ1v) is 8.92. The second kappa shape index (κ2) is 8.62. The van der Waals surface area contributed by atoms with Gasteiger partial charge in [-0.05, 0) is 68.0 Å². The van der Waals surface area contributed by atoms with E-state index in [2.05, 4.69) is 10.3 Å². The Bertz CT molecular complexity index is 802. The first-order valence-electron chi connectivity index (χ1n) is 8.92. The van der Waals surface area contributed by atoms with Crippen molar-refractivity contribution in [3.8, 4) is 11.6 Å². The van der Waals surface area contributed by atoms with Crippen LogP contribution in [0.5, 0.6) is 11.6 Å². The predicted molar refractivity (Wildman–Crippen MR) is 96.1 cm³/mol. The van der Waals surface area contributed by atoms with Crippen molar-refractivity contribution in [2.45, 2.75) is 25.7 Å². The van der Waals surface area contributed by atoms with E-state index in [4.69, 9.17) is 9.84 Å². The lowest BCUT2D eigenvalue weighted by Crippen LogP contribution is -2.32. The van der Waals surface area contributed by atoms with E-state index in [1.165, 1.54) is 30.5 Å². The number of hydrogen-bond donors (Lipinski definition) is 2. The number of nitrogens with zero attached hydrogens (tertiary/aromatic N) is 1. The van der Waals surface area contributed by atoms with Crippen LogP contribution < -0.4 is 10.1 Å². The predicted octanol–water partition coefficient (Wildman–Crippen LogP) is 3.63. The summed E-state index contributed by atoms with van der Waals surface area (Å²) < 4.78 is 18.6. The Kier molecular flexibility index (Phi) is 6.01. The van der Waals surface area contributed by atoms with Gasteiger partial charge in [0.05, 0.1) is 5.92 Å². The van der Waals surface area contributed by atoms with Gasteiger partial charge in [-0.25, -0.2) is 9.37 Å². The molecule has 0 atom stereocenters. The molecule has 1 aliphatic carbocycles. The summed E-state index contributed by atoms with van der Waals surface area (Å²) in [7, 11) is 0. The Labute approximate surface area is 156 Å². The van der Waals surface area contributed by atoms with Crippen LogP contribution >= 0.6 is 0 Å². The van der Waals surface area contributed by atoms with E-state index in [-0.39, 0.29) is 29.4 Å². The third kappa shape index (κ3) is 5.03. The quantitative estimate of drug-likeness (QED) is 0.808. The molecule has 27 heavy (non-hydrogen) atoms. The fourth-order valence-electron chi connectivity index (χ4n) is 3.21. The molecule has 1 aliphatic rings. The smallest absolute Gasteiger partial charge is 0.306 e. The molecule has 3 rings (SSSR count). The Hall–Kier alpha value is -2.96. The first-order chi connectivity index (χ1) is 13.0. The van der Waals surface area contributed by atoms with Crippen molar-refractivity contribution < 1.29 is 23.8 Å². The molecule has 1 heterocycles. The van der Waals surface area contributed by atoms with Gasteiger partial charge in [-0.3, -0.25) is 9.59 Å². The van der Waals surface area contributed by atoms with E-state index < -0.39 is 5.97 Å². The molecular weight excluding hydrogens is 351 g/mol. The third-order valence-corrected chi connectivity index (χ3v) is 4.79. The van der Waals surface area contributed by atoms with Crippen LogP contribution in [-0.2, 0) is 4.79 Å². The highest BCUT2D eigenvalue weighted by Gasteiger charge is 2.26. The van der Waals surface area contributed by atoms with Crippen LogP contribution in [0.1, 0.15) is 36.0 Å². The van der Waals surface area contributed by atoms with E-state index >= 15 is 0 Å². The Morgan fingerprint density at radius 3 is 2.52 bits per heavy atom. The minimum Gasteiger partial charge on any atom is -0.481 e. The number of amides is 1. The van der Waals surface area contributed by atoms with Crippen LogP contribution in [0, 0.1) is 17.7 Å². The van der Waals surface area contributed by atoms with Crippen molar-refractivity contribution in [1.29, 1.82) is 0 Å². The Balaban J connectivity index is 1.59. The standard InChI is InChI=1S/C20H21FN2O4/c21-15-7-9-16(10-8-15)27-19-17(2-1-11-22-19)18(24)23-12-13-3-5-14(6-4-13)20(25)26/h1-2,7-11,13-14H,3-6,12H2,(H,23,24)(H,25,26). The van der Waals surface area contributed by atoms with Crippen molar-refractivity contribution >= 4 is 11.9 Å². The van der Waals surface area contributed by atoms with Crippen LogP contribution in [0.15, 0.2) is 42.6 Å². The maximum atomic E-state index is 13.0. The molecule has 7 heteroatoms. The zero-order valence-electron chi connectivity index (χ0n) is 14.7. The zero-order chi connectivity index (χ0) is 19.2. The van der Waals surface area contributed by atoms with Gasteiger partial charge in [-0.15, -0.1) is 0 Å². The minimum atomic E-state index is -0.740. The van der Waals surface area contributed by atoms with Crippen LogP contribution in [0.4, 0.5) is 4.39 Å². The van der Waals surface area contributed by atoms with Crippen molar-refractivity contribution in [3.05, 3.63) is 54.0 Å². The molecule has 0 radical (unpaired) electrons. The topological polar surface area (TPSA) is 88.5 Å². The second-order valence-electron chi connectivity index (χ2n) is 6.68. The normalized spacial score (nSPS) is 19.3. The maximum absolute atomic E-state index is 13.0. The van der Waals surface area contributed by atoms with Gasteiger partial charge >= 0.3 is 5.97 Å². The Morgan fingerprint density at radius 2 is 1.85 bits per heavy atom. The van der Waals surface area contributed by atoms with E-state index in [1.807, 2.05) is 0 Å². The van der Waals surface area contributed by atoms with Crippen LogP contribution in [-0.4, -0.2) is 28.5 Å². The van der Waals surface area contributed by atoms with Crippen molar-refractivity contribution in [1.82, 2.24) is 10.3 Å². The lowest BCUT2D eigenvalue weighted by Gasteiger charge is -2.26. The number of benzene rings is 1. The average molecular weight is 372 g/mol. The zero-order valence-corrected chi connectivity index (χ0v) is 14.7. The maximum Gasteiger partial charge on any atom is 0.306 e. The number of aromatic nitrogens is 1. The minimum absolute atomic E-state index is 0.149. The summed E-state index contributed by atoms with van der Waals surface area (Å²) in [5.74, 6) is -0.893. The molecule has 2 aromatic rings. The molecule has 1 fully saturated rings. The van der Waals surface area contributed by atoms with E-state index in [9.17, 15) is 14.0 Å². The number of carboxylic acids is 1. The summed E-state index contributed by atoms with van der Waals surface area (Å²) >= 11 is 0. The summed E-state index contributed by atoms with van der Waals surface area (Å²) in [5.41, 5.74) is 0.293. The molecule has 1 aromatic carbocycles. The van der Waals surface area contributed by atoms with Crippen molar-refractivity contribution in [2.24, 2.45) is 11.8 Å². The number of pyridine rings is 1. The van der Waals surface area contributed by atoms with Gasteiger partial charge in [0.25, 0.3) is 5.91 Å². The van der Waals surface area contributed by atoms with Gasteiger partial charge in [-0.1, -0.05) is 0 Å². The molecule has 2 N–H and O–H groups in total. The van der Waals surface area contributed by atoms with Gasteiger partial charge in [0.15, 0.2) is 0 Å². The summed E-state index contributed by atoms with van der Waals surface area (Å²) in [6.07, 6.45) is 4.36. The van der Waals surface area contributed by atoms with Gasteiger partial charge in [0.2, 0.25) is 5.88 Å². The number of hydrogen-bond acceptors (Lipinski definition) is 4. The van der Waals surface area contributed by atoms with Crippen LogP contribution in [0.3, 0.4) is 0 Å². The third-order valence-electron chi connectivity index (χ3n) is 4.79. The fourth-order valence-corrected chi connectivity index (χ4v) is 3.21. The number of carboxylic acid groups (broad SMARTS) is 1. The highest BCUT2D eigenvalue weighted by Crippen LogP contribution is 2.29. The molecule has 0 saturated heterocycles. The number of carbonyl (C=O) groups is 2. The highest BCUT2D eigenvalue weighted by molar-refractivity contribution is 5.96. The Morgan fingerprint density at radius 1 is 1.15 bits per heavy atom. The van der Waals surface area contributed by atoms with Gasteiger partial charge in [-0.2, -0.15) is 0 Å². The molecule has 0 spiro atoms. The van der Waals surface area contributed by atoms with E-state index in [1.54, 1.807) is 12.1 Å². The number of aliphatic carboxylic acids is 1. The van der Waals surface area contributed by atoms with Crippen molar-refractivity contribution in [2.75, 3.05) is 6.54 Å². The van der Waals surface area contributed by atoms with Crippen LogP contribution in [0.25, 0.3) is 0 Å². The summed E-state index contributed by atoms with van der Waals surface area (Å²) in [6, 6.07) is 8.73. The largest absolute Gasteiger partial charge is 0.481 e. The number of carbonyl (C=O) groups excluding carboxylic acids is 1. The molecule has 1 aromatic heterocycles. The molecule has 1 saturated carbocycles. The number of ether oxygens (including phenoxy) is 1. The van der Waals surface area contributed by atoms with Crippen LogP contribution in [0.2, 0.25) is 0 Å². The molecule has 6 nitrogen and oxygen atoms in total. The van der Waals surface area contributed by atoms with E-state index in [0.29, 0.717) is 30.7 Å². The second-order valence-corrected chi connectivity index (χ2v) is 6.68. The molecule has 0 bridgehead atoms. The number of nitrogens with one attached hydrogen (secondary N) is 1. The van der Waals surface area contributed by atoms with Gasteiger partial charge in [0.1, 0.15) is 17.1 Å².